The summed E-state index contributed by atoms with van der Waals surface area (Å²) in [5.41, 5.74) is 0.136. The van der Waals surface area contributed by atoms with E-state index in [1.165, 1.54) is 25.1 Å². The lowest BCUT2D eigenvalue weighted by atomic mass is 10.1. The van der Waals surface area contributed by atoms with Crippen LogP contribution in [0.4, 0.5) is 18.2 Å². The van der Waals surface area contributed by atoms with Crippen LogP contribution in [0.15, 0.2) is 30.3 Å². The van der Waals surface area contributed by atoms with Gasteiger partial charge in [0, 0.05) is 4.88 Å². The van der Waals surface area contributed by atoms with E-state index >= 15 is 0 Å². The first-order valence-electron chi connectivity index (χ1n) is 8.26. The van der Waals surface area contributed by atoms with E-state index in [1.54, 1.807) is 17.4 Å². The molecule has 1 aromatic carbocycles. The topological polar surface area (TPSA) is 92.8 Å². The minimum atomic E-state index is -5.15. The fourth-order valence-electron chi connectivity index (χ4n) is 2.69. The number of nitrogens with one attached hydrogen (secondary N) is 1. The van der Waals surface area contributed by atoms with Crippen LogP contribution in [0, 0.1) is 0 Å². The van der Waals surface area contributed by atoms with Crippen LogP contribution in [0.1, 0.15) is 42.9 Å². The van der Waals surface area contributed by atoms with E-state index in [1.807, 2.05) is 0 Å². The molecule has 1 aliphatic rings. The Bertz CT molecular complexity index is 980. The number of halogens is 3. The number of ether oxygens (including phenoxy) is 1. The lowest BCUT2D eigenvalue weighted by Crippen LogP contribution is -2.30. The van der Waals surface area contributed by atoms with Gasteiger partial charge in [0.05, 0.1) is 29.8 Å². The van der Waals surface area contributed by atoms with Crippen molar-refractivity contribution in [1.29, 1.82) is 0 Å². The average Bonchev–Trinajstić information content (AvgIpc) is 3.16. The van der Waals surface area contributed by atoms with Gasteiger partial charge in [-0.05, 0) is 25.1 Å². The second-order valence-electron chi connectivity index (χ2n) is 5.87. The van der Waals surface area contributed by atoms with Gasteiger partial charge in [-0.15, -0.1) is 11.3 Å². The molecule has 0 radical (unpaired) electrons. The van der Waals surface area contributed by atoms with Gasteiger partial charge >= 0.3 is 18.1 Å². The maximum absolute atomic E-state index is 12.6. The summed E-state index contributed by atoms with van der Waals surface area (Å²) in [7, 11) is 0. The zero-order valence-corrected chi connectivity index (χ0v) is 15.6. The predicted octanol–water partition coefficient (Wildman–Crippen LogP) is 3.22. The number of imide groups is 1. The molecule has 0 saturated heterocycles. The molecule has 0 bridgehead atoms. The summed E-state index contributed by atoms with van der Waals surface area (Å²) >= 11 is 0.649. The van der Waals surface area contributed by atoms with Gasteiger partial charge < -0.3 is 10.1 Å². The van der Waals surface area contributed by atoms with Gasteiger partial charge in [0.15, 0.2) is 0 Å². The van der Waals surface area contributed by atoms with Gasteiger partial charge in [-0.3, -0.25) is 19.3 Å². The highest BCUT2D eigenvalue weighted by molar-refractivity contribution is 7.16. The molecule has 3 amide bonds. The summed E-state index contributed by atoms with van der Waals surface area (Å²) < 4.78 is 42.5. The van der Waals surface area contributed by atoms with E-state index < -0.39 is 29.9 Å². The third kappa shape index (κ3) is 3.99. The molecule has 29 heavy (non-hydrogen) atoms. The molecule has 0 spiro atoms. The summed E-state index contributed by atoms with van der Waals surface area (Å²) in [5, 5.41) is 1.26. The molecule has 1 aliphatic heterocycles. The Balaban J connectivity index is 1.90. The smallest absolute Gasteiger partial charge is 0.462 e. The highest BCUT2D eigenvalue weighted by atomic mass is 32.1. The van der Waals surface area contributed by atoms with Gasteiger partial charge in [-0.25, -0.2) is 4.79 Å². The third-order valence-corrected chi connectivity index (χ3v) is 4.99. The Hall–Kier alpha value is -3.21. The first-order valence-corrected chi connectivity index (χ1v) is 9.08. The van der Waals surface area contributed by atoms with Gasteiger partial charge in [0.1, 0.15) is 5.00 Å². The first kappa shape index (κ1) is 20.5. The Kier molecular flexibility index (Phi) is 5.42. The molecule has 2 aromatic rings. The quantitative estimate of drug-likeness (QED) is 0.586. The zero-order valence-electron chi connectivity index (χ0n) is 14.8. The van der Waals surface area contributed by atoms with Gasteiger partial charge in [0.2, 0.25) is 0 Å². The Morgan fingerprint density at radius 3 is 2.24 bits per heavy atom. The highest BCUT2D eigenvalue weighted by Crippen LogP contribution is 2.33. The third-order valence-electron chi connectivity index (χ3n) is 3.96. The number of carbonyl (C=O) groups excluding carboxylic acids is 4. The standard InChI is InChI=1S/C18H13F3N2O5S/c1-2-28-16(26)12-7-9(29-13(12)22-17(27)18(19,20)21)8-23-14(24)10-5-3-4-6-11(10)15(23)25/h3-7H,2,8H2,1H3,(H,22,27). The van der Waals surface area contributed by atoms with E-state index in [0.29, 0.717) is 11.3 Å². The monoisotopic (exact) mass is 426 g/mol. The van der Waals surface area contributed by atoms with Crippen LogP contribution in [0.25, 0.3) is 0 Å². The van der Waals surface area contributed by atoms with Gasteiger partial charge in [-0.1, -0.05) is 12.1 Å². The number of hydrogen-bond acceptors (Lipinski definition) is 6. The number of hydrogen-bond donors (Lipinski definition) is 1. The van der Waals surface area contributed by atoms with Crippen LogP contribution >= 0.6 is 11.3 Å². The normalized spacial score (nSPS) is 13.4. The number of carbonyl (C=O) groups is 4. The molecular weight excluding hydrogens is 413 g/mol. The minimum Gasteiger partial charge on any atom is -0.462 e. The zero-order chi connectivity index (χ0) is 21.3. The molecular formula is C18H13F3N2O5S. The number of rotatable bonds is 5. The molecule has 152 valence electrons. The van der Waals surface area contributed by atoms with Crippen LogP contribution in [0.5, 0.6) is 0 Å². The van der Waals surface area contributed by atoms with Crippen LogP contribution in [0.3, 0.4) is 0 Å². The van der Waals surface area contributed by atoms with Gasteiger partial charge in [0.25, 0.3) is 11.8 Å². The van der Waals surface area contributed by atoms with E-state index in [0.717, 1.165) is 4.90 Å². The molecule has 0 aliphatic carbocycles. The molecule has 1 aromatic heterocycles. The minimum absolute atomic E-state index is 0.0327. The second kappa shape index (κ2) is 7.66. The van der Waals surface area contributed by atoms with Crippen molar-refractivity contribution in [3.05, 3.63) is 51.9 Å². The summed E-state index contributed by atoms with van der Waals surface area (Å²) in [6.07, 6.45) is -5.15. The maximum Gasteiger partial charge on any atom is 0.471 e. The highest BCUT2D eigenvalue weighted by Gasteiger charge is 2.40. The Labute approximate surface area is 166 Å². The summed E-state index contributed by atoms with van der Waals surface area (Å²) in [5.74, 6) is -4.30. The average molecular weight is 426 g/mol. The number of anilines is 1. The Morgan fingerprint density at radius 1 is 1.14 bits per heavy atom. The molecule has 2 heterocycles. The van der Waals surface area contributed by atoms with Crippen molar-refractivity contribution in [2.45, 2.75) is 19.6 Å². The van der Waals surface area contributed by atoms with Crippen molar-refractivity contribution in [1.82, 2.24) is 4.90 Å². The van der Waals surface area contributed by atoms with E-state index in [2.05, 4.69) is 0 Å². The number of esters is 1. The van der Waals surface area contributed by atoms with Crippen LogP contribution in [-0.4, -0.2) is 41.4 Å². The largest absolute Gasteiger partial charge is 0.471 e. The summed E-state index contributed by atoms with van der Waals surface area (Å²) in [4.78, 5) is 49.4. The maximum atomic E-state index is 12.6. The molecule has 0 unspecified atom stereocenters. The van der Waals surface area contributed by atoms with Crippen molar-refractivity contribution >= 4 is 40.0 Å². The van der Waals surface area contributed by atoms with E-state index in [4.69, 9.17) is 4.74 Å². The molecule has 0 fully saturated rings. The number of nitrogens with zero attached hydrogens (tertiary/aromatic N) is 1. The lowest BCUT2D eigenvalue weighted by Gasteiger charge is -2.12. The molecule has 0 atom stereocenters. The molecule has 0 saturated carbocycles. The van der Waals surface area contributed by atoms with Crippen LogP contribution < -0.4 is 5.32 Å². The van der Waals surface area contributed by atoms with E-state index in [9.17, 15) is 32.3 Å². The lowest BCUT2D eigenvalue weighted by molar-refractivity contribution is -0.167. The molecule has 1 N–H and O–H groups in total. The van der Waals surface area contributed by atoms with Crippen molar-refractivity contribution in [3.63, 3.8) is 0 Å². The fraction of sp³-hybridized carbons (Fsp3) is 0.222. The first-order chi connectivity index (χ1) is 13.6. The Morgan fingerprint density at radius 2 is 1.72 bits per heavy atom. The number of benzene rings is 1. The van der Waals surface area contributed by atoms with Crippen molar-refractivity contribution in [2.24, 2.45) is 0 Å². The number of amides is 3. The fourth-order valence-corrected chi connectivity index (χ4v) is 3.71. The van der Waals surface area contributed by atoms with Gasteiger partial charge in [-0.2, -0.15) is 13.2 Å². The molecule has 3 rings (SSSR count). The summed E-state index contributed by atoms with van der Waals surface area (Å²) in [6.45, 7) is 1.21. The SMILES string of the molecule is CCOC(=O)c1cc(CN2C(=O)c3ccccc3C2=O)sc1NC(=O)C(F)(F)F. The van der Waals surface area contributed by atoms with Crippen LogP contribution in [0.2, 0.25) is 0 Å². The van der Waals surface area contributed by atoms with Crippen LogP contribution in [-0.2, 0) is 16.1 Å². The number of thiophene rings is 1. The number of alkyl halides is 3. The predicted molar refractivity (Wildman–Crippen MR) is 95.6 cm³/mol. The molecule has 7 nitrogen and oxygen atoms in total. The number of fused-ring (bicyclic) bond motifs is 1. The van der Waals surface area contributed by atoms with Crippen molar-refractivity contribution in [3.8, 4) is 0 Å². The summed E-state index contributed by atoms with van der Waals surface area (Å²) in [6, 6.07) is 7.37. The van der Waals surface area contributed by atoms with Crippen molar-refractivity contribution in [2.75, 3.05) is 11.9 Å². The van der Waals surface area contributed by atoms with E-state index in [-0.39, 0.29) is 39.7 Å². The molecule has 11 heteroatoms. The van der Waals surface area contributed by atoms with Crippen molar-refractivity contribution < 1.29 is 37.1 Å². The second-order valence-corrected chi connectivity index (χ2v) is 7.01.